The van der Waals surface area contributed by atoms with Gasteiger partial charge in [0.25, 0.3) is 0 Å². The van der Waals surface area contributed by atoms with Crippen molar-refractivity contribution in [1.29, 1.82) is 0 Å². The van der Waals surface area contributed by atoms with E-state index >= 15 is 0 Å². The van der Waals surface area contributed by atoms with E-state index in [1.807, 2.05) is 37.3 Å². The zero-order chi connectivity index (χ0) is 18.7. The smallest absolute Gasteiger partial charge is 0.240 e. The summed E-state index contributed by atoms with van der Waals surface area (Å²) in [5.41, 5.74) is 2.35. The number of nitrogens with zero attached hydrogens (tertiary/aromatic N) is 1. The van der Waals surface area contributed by atoms with Crippen LogP contribution in [0.2, 0.25) is 0 Å². The van der Waals surface area contributed by atoms with E-state index in [-0.39, 0.29) is 11.4 Å². The normalized spacial score (nSPS) is 11.7. The third-order valence-electron chi connectivity index (χ3n) is 3.98. The predicted octanol–water partition coefficient (Wildman–Crippen LogP) is 4.09. The fraction of sp³-hybridized carbons (Fsp3) is 0.211. The van der Waals surface area contributed by atoms with Gasteiger partial charge in [0, 0.05) is 17.0 Å². The molecule has 0 atom stereocenters. The minimum Gasteiger partial charge on any atom is -0.241 e. The highest BCUT2D eigenvalue weighted by molar-refractivity contribution is 7.89. The first-order valence-electron chi connectivity index (χ1n) is 8.14. The summed E-state index contributed by atoms with van der Waals surface area (Å²) in [5.74, 6) is -0.449. The van der Waals surface area contributed by atoms with Gasteiger partial charge in [0.15, 0.2) is 0 Å². The number of aromatic nitrogens is 1. The van der Waals surface area contributed by atoms with E-state index in [0.29, 0.717) is 12.0 Å². The zero-order valence-electron chi connectivity index (χ0n) is 14.5. The Hall–Kier alpha value is -2.09. The van der Waals surface area contributed by atoms with E-state index in [1.54, 1.807) is 18.3 Å². The highest BCUT2D eigenvalue weighted by atomic mass is 32.2. The summed E-state index contributed by atoms with van der Waals surface area (Å²) in [6, 6.07) is 13.5. The topological polar surface area (TPSA) is 59.1 Å². The van der Waals surface area contributed by atoms with E-state index in [1.165, 1.54) is 12.1 Å². The number of rotatable bonds is 6. The molecule has 26 heavy (non-hydrogen) atoms. The number of hydrogen-bond acceptors (Lipinski definition) is 4. The summed E-state index contributed by atoms with van der Waals surface area (Å²) in [5, 5.41) is 0.926. The van der Waals surface area contributed by atoms with Crippen molar-refractivity contribution in [2.45, 2.75) is 25.2 Å². The van der Waals surface area contributed by atoms with Crippen LogP contribution in [0, 0.1) is 19.7 Å². The molecule has 0 saturated carbocycles. The monoisotopic (exact) mass is 390 g/mol. The van der Waals surface area contributed by atoms with Gasteiger partial charge in [-0.25, -0.2) is 22.5 Å². The molecular formula is C19H19FN2O2S2. The molecule has 4 nitrogen and oxygen atoms in total. The van der Waals surface area contributed by atoms with Crippen molar-refractivity contribution in [1.82, 2.24) is 9.71 Å². The number of hydrogen-bond donors (Lipinski definition) is 1. The second-order valence-electron chi connectivity index (χ2n) is 5.95. The Morgan fingerprint density at radius 3 is 2.54 bits per heavy atom. The van der Waals surface area contributed by atoms with Crippen molar-refractivity contribution in [2.75, 3.05) is 6.54 Å². The average molecular weight is 391 g/mol. The molecule has 3 aromatic rings. The molecule has 7 heteroatoms. The molecule has 136 valence electrons. The van der Waals surface area contributed by atoms with Crippen LogP contribution in [0.15, 0.2) is 53.4 Å². The number of benzene rings is 2. The van der Waals surface area contributed by atoms with Crippen LogP contribution in [0.5, 0.6) is 0 Å². The lowest BCUT2D eigenvalue weighted by molar-refractivity contribution is 0.580. The molecule has 0 radical (unpaired) electrons. The van der Waals surface area contributed by atoms with Crippen LogP contribution in [0.3, 0.4) is 0 Å². The maximum Gasteiger partial charge on any atom is 0.240 e. The van der Waals surface area contributed by atoms with Gasteiger partial charge in [-0.1, -0.05) is 30.3 Å². The Bertz CT molecular complexity index is 1020. The molecule has 1 N–H and O–H groups in total. The minimum absolute atomic E-state index is 0.102. The van der Waals surface area contributed by atoms with E-state index < -0.39 is 15.8 Å². The first kappa shape index (κ1) is 18.7. The van der Waals surface area contributed by atoms with Gasteiger partial charge in [-0.05, 0) is 44.0 Å². The molecule has 3 rings (SSSR count). The van der Waals surface area contributed by atoms with Gasteiger partial charge < -0.3 is 0 Å². The lowest BCUT2D eigenvalue weighted by atomic mass is 10.2. The minimum atomic E-state index is -3.67. The molecule has 0 amide bonds. The number of nitrogens with one attached hydrogen (secondary N) is 1. The molecule has 0 spiro atoms. The van der Waals surface area contributed by atoms with Gasteiger partial charge in [-0.15, -0.1) is 11.3 Å². The Labute approximate surface area is 156 Å². The molecule has 0 aliphatic carbocycles. The first-order chi connectivity index (χ1) is 12.4. The number of sulfonamides is 1. The summed E-state index contributed by atoms with van der Waals surface area (Å²) in [7, 11) is -3.67. The van der Waals surface area contributed by atoms with Crippen molar-refractivity contribution in [2.24, 2.45) is 0 Å². The van der Waals surface area contributed by atoms with Gasteiger partial charge >= 0.3 is 0 Å². The predicted molar refractivity (Wildman–Crippen MR) is 102 cm³/mol. The van der Waals surface area contributed by atoms with Crippen molar-refractivity contribution >= 4 is 21.4 Å². The molecule has 0 aliphatic heterocycles. The fourth-order valence-electron chi connectivity index (χ4n) is 2.66. The van der Waals surface area contributed by atoms with E-state index in [4.69, 9.17) is 0 Å². The Morgan fingerprint density at radius 2 is 1.85 bits per heavy atom. The van der Waals surface area contributed by atoms with Crippen molar-refractivity contribution in [3.05, 3.63) is 70.5 Å². The maximum atomic E-state index is 13.2. The van der Waals surface area contributed by atoms with Gasteiger partial charge in [0.1, 0.15) is 10.8 Å². The maximum absolute atomic E-state index is 13.2. The third-order valence-corrected chi connectivity index (χ3v) is 6.87. The number of thiazole rings is 1. The zero-order valence-corrected chi connectivity index (χ0v) is 16.1. The van der Waals surface area contributed by atoms with Gasteiger partial charge in [0.05, 0.1) is 10.6 Å². The third kappa shape index (κ3) is 4.17. The highest BCUT2D eigenvalue weighted by Gasteiger charge is 2.17. The lowest BCUT2D eigenvalue weighted by Crippen LogP contribution is -2.26. The molecular weight excluding hydrogens is 371 g/mol. The highest BCUT2D eigenvalue weighted by Crippen LogP contribution is 2.28. The van der Waals surface area contributed by atoms with Gasteiger partial charge in [0.2, 0.25) is 10.0 Å². The summed E-state index contributed by atoms with van der Waals surface area (Å²) < 4.78 is 40.6. The molecule has 1 aromatic heterocycles. The fourth-order valence-corrected chi connectivity index (χ4v) is 4.98. The Balaban J connectivity index is 1.69. The Morgan fingerprint density at radius 1 is 1.12 bits per heavy atom. The van der Waals surface area contributed by atoms with Crippen LogP contribution in [0.25, 0.3) is 10.6 Å². The van der Waals surface area contributed by atoms with Crippen LogP contribution in [-0.2, 0) is 16.4 Å². The number of halogens is 1. The van der Waals surface area contributed by atoms with Gasteiger partial charge in [-0.2, -0.15) is 0 Å². The molecule has 0 bridgehead atoms. The molecule has 2 aromatic carbocycles. The largest absolute Gasteiger partial charge is 0.241 e. The van der Waals surface area contributed by atoms with Crippen molar-refractivity contribution in [3.8, 4) is 10.6 Å². The van der Waals surface area contributed by atoms with Crippen molar-refractivity contribution < 1.29 is 12.8 Å². The van der Waals surface area contributed by atoms with E-state index in [9.17, 15) is 12.8 Å². The summed E-state index contributed by atoms with van der Waals surface area (Å²) >= 11 is 1.57. The van der Waals surface area contributed by atoms with Crippen LogP contribution >= 0.6 is 11.3 Å². The second kappa shape index (κ2) is 7.65. The van der Waals surface area contributed by atoms with Crippen LogP contribution in [0.4, 0.5) is 4.39 Å². The standard InChI is InChI=1S/C19H19FN2O2S2/c1-13-12-16(20)8-9-18(13)26(23,24)21-11-10-17-14(2)22-19(25-17)15-6-4-3-5-7-15/h3-9,12,21H,10-11H2,1-2H3. The molecule has 0 aliphatic rings. The van der Waals surface area contributed by atoms with E-state index in [2.05, 4.69) is 9.71 Å². The summed E-state index contributed by atoms with van der Waals surface area (Å²) in [6.45, 7) is 3.77. The van der Waals surface area contributed by atoms with Crippen LogP contribution in [0.1, 0.15) is 16.1 Å². The molecule has 1 heterocycles. The lowest BCUT2D eigenvalue weighted by Gasteiger charge is -2.09. The summed E-state index contributed by atoms with van der Waals surface area (Å²) in [4.78, 5) is 5.72. The average Bonchev–Trinajstić information content (AvgIpc) is 2.96. The Kier molecular flexibility index (Phi) is 5.50. The molecule has 0 unspecified atom stereocenters. The van der Waals surface area contributed by atoms with Gasteiger partial charge in [-0.3, -0.25) is 0 Å². The van der Waals surface area contributed by atoms with Crippen LogP contribution < -0.4 is 4.72 Å². The number of aryl methyl sites for hydroxylation is 2. The van der Waals surface area contributed by atoms with E-state index in [0.717, 1.165) is 27.2 Å². The molecule has 0 fully saturated rings. The van der Waals surface area contributed by atoms with Crippen molar-refractivity contribution in [3.63, 3.8) is 0 Å². The summed E-state index contributed by atoms with van der Waals surface area (Å²) in [6.07, 6.45) is 0.551. The SMILES string of the molecule is Cc1cc(F)ccc1S(=O)(=O)NCCc1sc(-c2ccccc2)nc1C. The first-order valence-corrected chi connectivity index (χ1v) is 10.4. The molecule has 0 saturated heterocycles. The quantitative estimate of drug-likeness (QED) is 0.690. The second-order valence-corrected chi connectivity index (χ2v) is 8.77. The van der Waals surface area contributed by atoms with Crippen LogP contribution in [-0.4, -0.2) is 19.9 Å².